The van der Waals surface area contributed by atoms with Gasteiger partial charge in [0.05, 0.1) is 25.2 Å². The Kier molecular flexibility index (Phi) is 12.1. The van der Waals surface area contributed by atoms with Crippen LogP contribution in [0.15, 0.2) is 48.5 Å². The summed E-state index contributed by atoms with van der Waals surface area (Å²) in [6, 6.07) is 15.0. The van der Waals surface area contributed by atoms with Crippen LogP contribution in [-0.2, 0) is 22.6 Å². The molecule has 216 valence electrons. The van der Waals surface area contributed by atoms with Gasteiger partial charge in [-0.1, -0.05) is 57.2 Å². The molecule has 0 radical (unpaired) electrons. The van der Waals surface area contributed by atoms with Gasteiger partial charge in [-0.25, -0.2) is 4.79 Å². The van der Waals surface area contributed by atoms with Crippen LogP contribution in [0.25, 0.3) is 0 Å². The first-order valence-corrected chi connectivity index (χ1v) is 13.5. The predicted octanol–water partition coefficient (Wildman–Crippen LogP) is 5.84. The number of amides is 1. The third-order valence-corrected chi connectivity index (χ3v) is 6.65. The van der Waals surface area contributed by atoms with Crippen LogP contribution < -0.4 is 14.8 Å². The van der Waals surface area contributed by atoms with Crippen molar-refractivity contribution in [3.05, 3.63) is 59.7 Å². The molecule has 2 aromatic carbocycles. The third-order valence-electron chi connectivity index (χ3n) is 6.65. The second kappa shape index (κ2) is 14.8. The van der Waals surface area contributed by atoms with Gasteiger partial charge in [-0.05, 0) is 75.1 Å². The molecule has 0 unspecified atom stereocenters. The number of carbonyl (C=O) groups is 2. The summed E-state index contributed by atoms with van der Waals surface area (Å²) < 4.78 is 17.0. The lowest BCUT2D eigenvalue weighted by Crippen LogP contribution is -2.47. The molecule has 39 heavy (non-hydrogen) atoms. The van der Waals surface area contributed by atoms with Gasteiger partial charge in [0, 0.05) is 0 Å². The molecule has 2 rings (SSSR count). The van der Waals surface area contributed by atoms with Crippen molar-refractivity contribution >= 4 is 12.1 Å². The fourth-order valence-corrected chi connectivity index (χ4v) is 4.31. The van der Waals surface area contributed by atoms with Crippen molar-refractivity contribution in [1.29, 1.82) is 0 Å². The first-order valence-electron chi connectivity index (χ1n) is 13.5. The number of ether oxygens (including phenoxy) is 3. The number of carboxylic acids is 1. The molecule has 0 aromatic heterocycles. The monoisotopic (exact) mass is 543 g/mol. The summed E-state index contributed by atoms with van der Waals surface area (Å²) in [7, 11) is 1.60. The second-order valence-corrected chi connectivity index (χ2v) is 11.5. The maximum absolute atomic E-state index is 12.6. The van der Waals surface area contributed by atoms with Gasteiger partial charge in [-0.3, -0.25) is 4.79 Å². The Balaban J connectivity index is 2.23. The summed E-state index contributed by atoms with van der Waals surface area (Å²) in [5.74, 6) is -0.195. The highest BCUT2D eigenvalue weighted by Gasteiger charge is 2.31. The quantitative estimate of drug-likeness (QED) is 0.274. The molecule has 0 saturated carbocycles. The van der Waals surface area contributed by atoms with Crippen LogP contribution in [0.4, 0.5) is 4.79 Å². The molecular weight excluding hydrogens is 498 g/mol. The first-order chi connectivity index (χ1) is 18.3. The largest absolute Gasteiger partial charge is 0.493 e. The van der Waals surface area contributed by atoms with Crippen molar-refractivity contribution in [3.8, 4) is 11.5 Å². The van der Waals surface area contributed by atoms with Crippen LogP contribution in [0.3, 0.4) is 0 Å². The highest BCUT2D eigenvalue weighted by atomic mass is 16.6. The van der Waals surface area contributed by atoms with Gasteiger partial charge in [0.25, 0.3) is 0 Å². The molecule has 0 aliphatic carbocycles. The zero-order valence-corrected chi connectivity index (χ0v) is 24.3. The predicted molar refractivity (Wildman–Crippen MR) is 151 cm³/mol. The lowest BCUT2D eigenvalue weighted by Gasteiger charge is -2.32. The second-order valence-electron chi connectivity index (χ2n) is 11.5. The van der Waals surface area contributed by atoms with Crippen LogP contribution >= 0.6 is 0 Å². The van der Waals surface area contributed by atoms with E-state index < -0.39 is 35.7 Å². The summed E-state index contributed by atoms with van der Waals surface area (Å²) in [5, 5.41) is 23.2. The van der Waals surface area contributed by atoms with E-state index in [0.29, 0.717) is 30.9 Å². The Morgan fingerprint density at radius 3 is 2.18 bits per heavy atom. The standard InChI is InChI=1S/C31H45NO7/c1-20(2)24(18-25(26(33)15-21(3)29(34)35)32-30(36)39-31(4,5)6)16-23-13-14-27(37-7)28(17-23)38-19-22-11-9-8-10-12-22/h8-14,17,20-21,24-26,33H,15-16,18-19H2,1-7H3,(H,32,36)(H,34,35)/t21-,24+,25+,26+/m1/s1. The number of carboxylic acid groups (broad SMARTS) is 1. The van der Waals surface area contributed by atoms with E-state index in [1.165, 1.54) is 0 Å². The van der Waals surface area contributed by atoms with Crippen LogP contribution in [-0.4, -0.2) is 47.1 Å². The van der Waals surface area contributed by atoms with Gasteiger partial charge in [0.15, 0.2) is 11.5 Å². The van der Waals surface area contributed by atoms with Crippen molar-refractivity contribution in [2.45, 2.75) is 85.2 Å². The number of nitrogens with one attached hydrogen (secondary N) is 1. The maximum atomic E-state index is 12.6. The average Bonchev–Trinajstić information content (AvgIpc) is 2.85. The first kappa shape index (κ1) is 32.0. The number of aliphatic hydroxyl groups excluding tert-OH is 1. The Labute approximate surface area is 232 Å². The highest BCUT2D eigenvalue weighted by molar-refractivity contribution is 5.70. The summed E-state index contributed by atoms with van der Waals surface area (Å²) >= 11 is 0. The minimum atomic E-state index is -1.05. The molecule has 1 amide bonds. The molecule has 2 aromatic rings. The lowest BCUT2D eigenvalue weighted by molar-refractivity contribution is -0.142. The number of aliphatic carboxylic acids is 1. The molecule has 0 bridgehead atoms. The third kappa shape index (κ3) is 11.2. The van der Waals surface area contributed by atoms with E-state index in [9.17, 15) is 19.8 Å². The van der Waals surface area contributed by atoms with E-state index in [4.69, 9.17) is 14.2 Å². The minimum absolute atomic E-state index is 0.0145. The fourth-order valence-electron chi connectivity index (χ4n) is 4.31. The van der Waals surface area contributed by atoms with Gasteiger partial charge < -0.3 is 29.7 Å². The van der Waals surface area contributed by atoms with E-state index in [2.05, 4.69) is 19.2 Å². The lowest BCUT2D eigenvalue weighted by atomic mass is 9.82. The molecule has 0 saturated heterocycles. The van der Waals surface area contributed by atoms with Crippen LogP contribution in [0.2, 0.25) is 0 Å². The average molecular weight is 544 g/mol. The van der Waals surface area contributed by atoms with Gasteiger partial charge in [-0.15, -0.1) is 0 Å². The Morgan fingerprint density at radius 2 is 1.62 bits per heavy atom. The van der Waals surface area contributed by atoms with E-state index in [1.54, 1.807) is 34.8 Å². The smallest absolute Gasteiger partial charge is 0.407 e. The van der Waals surface area contributed by atoms with Gasteiger partial charge in [0.1, 0.15) is 12.2 Å². The summed E-state index contributed by atoms with van der Waals surface area (Å²) in [6.07, 6.45) is -0.572. The van der Waals surface area contributed by atoms with Crippen LogP contribution in [0, 0.1) is 17.8 Å². The molecule has 0 aliphatic rings. The molecular formula is C31H45NO7. The van der Waals surface area contributed by atoms with Crippen molar-refractivity contribution in [2.75, 3.05) is 7.11 Å². The van der Waals surface area contributed by atoms with Gasteiger partial charge >= 0.3 is 12.1 Å². The number of aliphatic hydroxyl groups is 1. The number of benzene rings is 2. The topological polar surface area (TPSA) is 114 Å². The van der Waals surface area contributed by atoms with Crippen molar-refractivity contribution < 1.29 is 34.0 Å². The number of hydrogen-bond donors (Lipinski definition) is 3. The van der Waals surface area contributed by atoms with E-state index in [0.717, 1.165) is 11.1 Å². The Hall–Kier alpha value is -3.26. The molecule has 0 fully saturated rings. The molecule has 0 spiro atoms. The normalized spacial score (nSPS) is 14.7. The molecule has 0 aliphatic heterocycles. The number of rotatable bonds is 14. The van der Waals surface area contributed by atoms with E-state index in [1.807, 2.05) is 48.5 Å². The molecule has 0 heterocycles. The zero-order valence-electron chi connectivity index (χ0n) is 24.3. The molecule has 3 N–H and O–H groups in total. The molecule has 8 nitrogen and oxygen atoms in total. The number of alkyl carbamates (subject to hydrolysis) is 1. The highest BCUT2D eigenvalue weighted by Crippen LogP contribution is 2.32. The minimum Gasteiger partial charge on any atom is -0.493 e. The number of methoxy groups -OCH3 is 1. The SMILES string of the molecule is COc1ccc(C[C@@H](C[C@H](NC(=O)OC(C)(C)C)[C@@H](O)C[C@@H](C)C(=O)O)C(C)C)cc1OCc1ccccc1. The Morgan fingerprint density at radius 1 is 0.949 bits per heavy atom. The summed E-state index contributed by atoms with van der Waals surface area (Å²) in [6.45, 7) is 11.4. The summed E-state index contributed by atoms with van der Waals surface area (Å²) in [5.41, 5.74) is 1.37. The van der Waals surface area contributed by atoms with Crippen molar-refractivity contribution in [2.24, 2.45) is 17.8 Å². The van der Waals surface area contributed by atoms with E-state index in [-0.39, 0.29) is 18.3 Å². The van der Waals surface area contributed by atoms with Gasteiger partial charge in [-0.2, -0.15) is 0 Å². The maximum Gasteiger partial charge on any atom is 0.407 e. The van der Waals surface area contributed by atoms with Crippen LogP contribution in [0.5, 0.6) is 11.5 Å². The summed E-state index contributed by atoms with van der Waals surface area (Å²) in [4.78, 5) is 24.0. The van der Waals surface area contributed by atoms with Crippen LogP contribution in [0.1, 0.15) is 65.5 Å². The van der Waals surface area contributed by atoms with Gasteiger partial charge in [0.2, 0.25) is 0 Å². The molecule has 8 heteroatoms. The van der Waals surface area contributed by atoms with E-state index >= 15 is 0 Å². The number of carbonyl (C=O) groups excluding carboxylic acids is 1. The van der Waals surface area contributed by atoms with Crippen molar-refractivity contribution in [3.63, 3.8) is 0 Å². The van der Waals surface area contributed by atoms with Crippen molar-refractivity contribution in [1.82, 2.24) is 5.32 Å². The molecule has 4 atom stereocenters. The number of hydrogen-bond acceptors (Lipinski definition) is 6. The Bertz CT molecular complexity index is 1050. The zero-order chi connectivity index (χ0) is 29.2. The fraction of sp³-hybridized carbons (Fsp3) is 0.548.